The van der Waals surface area contributed by atoms with E-state index in [0.29, 0.717) is 6.42 Å². The fourth-order valence-electron chi connectivity index (χ4n) is 1.08. The van der Waals surface area contributed by atoms with Crippen LogP contribution in [0.2, 0.25) is 0 Å². The Balaban J connectivity index is 2.56. The lowest BCUT2D eigenvalue weighted by molar-refractivity contribution is -0.147. The summed E-state index contributed by atoms with van der Waals surface area (Å²) in [6.45, 7) is 5.61. The zero-order chi connectivity index (χ0) is 10.4. The molecule has 0 radical (unpaired) electrons. The molecule has 2 nitrogen and oxygen atoms in total. The van der Waals surface area contributed by atoms with E-state index in [9.17, 15) is 4.79 Å². The molecule has 0 aliphatic carbocycles. The molecule has 1 atom stereocenters. The molecule has 14 heavy (non-hydrogen) atoms. The second kappa shape index (κ2) is 5.60. The van der Waals surface area contributed by atoms with Crippen LogP contribution in [-0.4, -0.2) is 5.97 Å². The van der Waals surface area contributed by atoms with Crippen LogP contribution in [0, 0.1) is 0 Å². The maximum atomic E-state index is 11.2. The molecule has 0 fully saturated rings. The van der Waals surface area contributed by atoms with E-state index in [1.165, 1.54) is 0 Å². The highest BCUT2D eigenvalue weighted by Gasteiger charge is 2.12. The highest BCUT2D eigenvalue weighted by atomic mass is 32.1. The molecule has 1 heterocycles. The molecular weight excluding hydrogens is 196 g/mol. The van der Waals surface area contributed by atoms with E-state index in [4.69, 9.17) is 4.74 Å². The smallest absolute Gasteiger partial charge is 0.306 e. The molecule has 0 aliphatic rings. The molecule has 0 bridgehead atoms. The van der Waals surface area contributed by atoms with Gasteiger partial charge in [-0.3, -0.25) is 4.79 Å². The molecule has 0 amide bonds. The summed E-state index contributed by atoms with van der Waals surface area (Å²) in [6.07, 6.45) is 2.65. The van der Waals surface area contributed by atoms with E-state index in [-0.39, 0.29) is 12.1 Å². The zero-order valence-electron chi connectivity index (χ0n) is 8.23. The third kappa shape index (κ3) is 3.00. The van der Waals surface area contributed by atoms with Gasteiger partial charge in [0, 0.05) is 11.3 Å². The van der Waals surface area contributed by atoms with Crippen molar-refractivity contribution in [1.29, 1.82) is 0 Å². The van der Waals surface area contributed by atoms with Crippen LogP contribution in [0.4, 0.5) is 0 Å². The van der Waals surface area contributed by atoms with Gasteiger partial charge in [0.2, 0.25) is 0 Å². The molecule has 1 rings (SSSR count). The Kier molecular flexibility index (Phi) is 4.40. The van der Waals surface area contributed by atoms with Crippen molar-refractivity contribution < 1.29 is 9.53 Å². The van der Waals surface area contributed by atoms with Crippen LogP contribution in [-0.2, 0) is 9.53 Å². The standard InChI is InChI=1S/C11H14O2S/c1-3-6-11(12)13-9(4-2)10-7-5-8-14-10/h4-5,7-9H,2-3,6H2,1H3/t9-/m0/s1. The SMILES string of the molecule is C=C[C@H](OC(=O)CCC)c1cccs1. The fourth-order valence-corrected chi connectivity index (χ4v) is 1.83. The third-order valence-electron chi connectivity index (χ3n) is 1.75. The maximum Gasteiger partial charge on any atom is 0.306 e. The van der Waals surface area contributed by atoms with Crippen molar-refractivity contribution in [3.8, 4) is 0 Å². The van der Waals surface area contributed by atoms with Crippen molar-refractivity contribution in [3.05, 3.63) is 35.0 Å². The normalized spacial score (nSPS) is 12.1. The Labute approximate surface area is 88.2 Å². The molecule has 76 valence electrons. The summed E-state index contributed by atoms with van der Waals surface area (Å²) in [7, 11) is 0. The van der Waals surface area contributed by atoms with Crippen molar-refractivity contribution >= 4 is 17.3 Å². The molecule has 0 aliphatic heterocycles. The predicted octanol–water partition coefficient (Wildman–Crippen LogP) is 3.32. The zero-order valence-corrected chi connectivity index (χ0v) is 9.05. The van der Waals surface area contributed by atoms with E-state index in [1.807, 2.05) is 24.4 Å². The van der Waals surface area contributed by atoms with Crippen LogP contribution in [0.25, 0.3) is 0 Å². The average Bonchev–Trinajstić information content (AvgIpc) is 2.67. The van der Waals surface area contributed by atoms with E-state index in [2.05, 4.69) is 6.58 Å². The second-order valence-electron chi connectivity index (χ2n) is 2.91. The summed E-state index contributed by atoms with van der Waals surface area (Å²) < 4.78 is 5.24. The van der Waals surface area contributed by atoms with Crippen LogP contribution in [0.15, 0.2) is 30.2 Å². The molecular formula is C11H14O2S. The number of thiophene rings is 1. The van der Waals surface area contributed by atoms with Crippen molar-refractivity contribution in [2.45, 2.75) is 25.9 Å². The van der Waals surface area contributed by atoms with Crippen LogP contribution < -0.4 is 0 Å². The summed E-state index contributed by atoms with van der Waals surface area (Å²) in [5.74, 6) is -0.161. The molecule has 0 spiro atoms. The summed E-state index contributed by atoms with van der Waals surface area (Å²) in [5, 5.41) is 1.96. The fraction of sp³-hybridized carbons (Fsp3) is 0.364. The number of hydrogen-bond acceptors (Lipinski definition) is 3. The Morgan fingerprint density at radius 1 is 1.79 bits per heavy atom. The number of esters is 1. The molecule has 0 aromatic carbocycles. The van der Waals surface area contributed by atoms with Gasteiger partial charge in [-0.05, 0) is 23.9 Å². The van der Waals surface area contributed by atoms with E-state index in [0.717, 1.165) is 11.3 Å². The lowest BCUT2D eigenvalue weighted by Gasteiger charge is -2.11. The number of hydrogen-bond donors (Lipinski definition) is 0. The Hall–Kier alpha value is -1.09. The molecule has 1 aromatic rings. The van der Waals surface area contributed by atoms with Crippen LogP contribution in [0.5, 0.6) is 0 Å². The minimum absolute atomic E-state index is 0.161. The highest BCUT2D eigenvalue weighted by molar-refractivity contribution is 7.10. The van der Waals surface area contributed by atoms with Gasteiger partial charge in [-0.25, -0.2) is 0 Å². The van der Waals surface area contributed by atoms with Gasteiger partial charge in [-0.15, -0.1) is 11.3 Å². The maximum absolute atomic E-state index is 11.2. The Bertz CT molecular complexity index is 290. The van der Waals surface area contributed by atoms with E-state index < -0.39 is 0 Å². The molecule has 0 unspecified atom stereocenters. The Morgan fingerprint density at radius 2 is 2.57 bits per heavy atom. The summed E-state index contributed by atoms with van der Waals surface area (Å²) in [6, 6.07) is 3.88. The highest BCUT2D eigenvalue weighted by Crippen LogP contribution is 2.23. The first-order chi connectivity index (χ1) is 6.77. The van der Waals surface area contributed by atoms with Gasteiger partial charge in [0.1, 0.15) is 0 Å². The van der Waals surface area contributed by atoms with Crippen LogP contribution >= 0.6 is 11.3 Å². The van der Waals surface area contributed by atoms with E-state index in [1.54, 1.807) is 17.4 Å². The first kappa shape index (κ1) is 11.0. The molecule has 0 saturated carbocycles. The van der Waals surface area contributed by atoms with E-state index >= 15 is 0 Å². The number of rotatable bonds is 5. The summed E-state index contributed by atoms with van der Waals surface area (Å²) in [5.41, 5.74) is 0. The first-order valence-corrected chi connectivity index (χ1v) is 5.51. The number of ether oxygens (including phenoxy) is 1. The van der Waals surface area contributed by atoms with Gasteiger partial charge in [-0.2, -0.15) is 0 Å². The van der Waals surface area contributed by atoms with Crippen molar-refractivity contribution in [2.75, 3.05) is 0 Å². The molecule has 0 N–H and O–H groups in total. The lowest BCUT2D eigenvalue weighted by Crippen LogP contribution is -2.07. The molecule has 0 saturated heterocycles. The van der Waals surface area contributed by atoms with Gasteiger partial charge < -0.3 is 4.74 Å². The first-order valence-electron chi connectivity index (χ1n) is 4.63. The van der Waals surface area contributed by atoms with Gasteiger partial charge >= 0.3 is 5.97 Å². The van der Waals surface area contributed by atoms with Crippen LogP contribution in [0.1, 0.15) is 30.7 Å². The predicted molar refractivity (Wildman–Crippen MR) is 58.3 cm³/mol. The lowest BCUT2D eigenvalue weighted by atomic mass is 10.3. The van der Waals surface area contributed by atoms with Gasteiger partial charge in [-0.1, -0.05) is 19.6 Å². The minimum atomic E-state index is -0.283. The molecule has 1 aromatic heterocycles. The monoisotopic (exact) mass is 210 g/mol. The molecule has 3 heteroatoms. The topological polar surface area (TPSA) is 26.3 Å². The van der Waals surface area contributed by atoms with Gasteiger partial charge in [0.25, 0.3) is 0 Å². The second-order valence-corrected chi connectivity index (χ2v) is 3.89. The van der Waals surface area contributed by atoms with Crippen LogP contribution in [0.3, 0.4) is 0 Å². The summed E-state index contributed by atoms with van der Waals surface area (Å²) >= 11 is 1.57. The van der Waals surface area contributed by atoms with Crippen molar-refractivity contribution in [1.82, 2.24) is 0 Å². The van der Waals surface area contributed by atoms with Gasteiger partial charge in [0.15, 0.2) is 6.10 Å². The largest absolute Gasteiger partial charge is 0.452 e. The average molecular weight is 210 g/mol. The number of carbonyl (C=O) groups excluding carboxylic acids is 1. The summed E-state index contributed by atoms with van der Waals surface area (Å²) in [4.78, 5) is 12.3. The van der Waals surface area contributed by atoms with Gasteiger partial charge in [0.05, 0.1) is 0 Å². The Morgan fingerprint density at radius 3 is 3.07 bits per heavy atom. The number of carbonyl (C=O) groups is 1. The third-order valence-corrected chi connectivity index (χ3v) is 2.68. The van der Waals surface area contributed by atoms with Crippen molar-refractivity contribution in [2.24, 2.45) is 0 Å². The quantitative estimate of drug-likeness (QED) is 0.550. The minimum Gasteiger partial charge on any atom is -0.452 e. The van der Waals surface area contributed by atoms with Crippen molar-refractivity contribution in [3.63, 3.8) is 0 Å².